The molecule has 3 fully saturated rings. The third kappa shape index (κ3) is 1.57. The van der Waals surface area contributed by atoms with Crippen molar-refractivity contribution in [2.45, 2.75) is 58.3 Å². The minimum atomic E-state index is -0.573. The second-order valence-corrected chi connectivity index (χ2v) is 7.25. The zero-order valence-corrected chi connectivity index (χ0v) is 12.6. The lowest BCUT2D eigenvalue weighted by molar-refractivity contribution is -0.285. The van der Waals surface area contributed by atoms with Gasteiger partial charge in [0.25, 0.3) is 6.04 Å². The summed E-state index contributed by atoms with van der Waals surface area (Å²) in [5, 5.41) is 0. The summed E-state index contributed by atoms with van der Waals surface area (Å²) in [5.41, 5.74) is -0.709. The van der Waals surface area contributed by atoms with Crippen molar-refractivity contribution >= 4 is 5.78 Å². The molecule has 0 aromatic heterocycles. The highest BCUT2D eigenvalue weighted by molar-refractivity contribution is 5.92. The molecule has 3 rings (SSSR count). The highest BCUT2D eigenvalue weighted by Crippen LogP contribution is 2.62. The van der Waals surface area contributed by atoms with Gasteiger partial charge in [-0.05, 0) is 18.8 Å². The number of fused-ring (bicyclic) bond motifs is 2. The van der Waals surface area contributed by atoms with Gasteiger partial charge in [-0.2, -0.15) is 0 Å². The van der Waals surface area contributed by atoms with Crippen molar-refractivity contribution < 1.29 is 14.3 Å². The predicted molar refractivity (Wildman–Crippen MR) is 73.9 cm³/mol. The fourth-order valence-corrected chi connectivity index (χ4v) is 4.99. The Bertz CT molecular complexity index is 473. The maximum absolute atomic E-state index is 12.6. The molecule has 4 heteroatoms. The molecule has 0 aromatic rings. The summed E-state index contributed by atoms with van der Waals surface area (Å²) in [6.45, 7) is 14.8. The van der Waals surface area contributed by atoms with Crippen LogP contribution in [0, 0.1) is 23.3 Å². The fourth-order valence-electron chi connectivity index (χ4n) is 4.99. The number of hydrogen-bond donors (Lipinski definition) is 0. The van der Waals surface area contributed by atoms with Crippen LogP contribution in [0.25, 0.3) is 4.85 Å². The first-order valence-corrected chi connectivity index (χ1v) is 7.56. The lowest BCUT2D eigenvalue weighted by atomic mass is 9.48. The van der Waals surface area contributed by atoms with Crippen molar-refractivity contribution in [2.24, 2.45) is 16.7 Å². The van der Waals surface area contributed by atoms with Crippen LogP contribution in [0.5, 0.6) is 0 Å². The molecule has 3 aliphatic rings. The summed E-state index contributed by atoms with van der Waals surface area (Å²) >= 11 is 0. The highest BCUT2D eigenvalue weighted by Gasteiger charge is 2.68. The molecule has 1 spiro atoms. The predicted octanol–water partition coefficient (Wildman–Crippen LogP) is 2.82. The largest absolute Gasteiger partial charge is 0.347 e. The standard InChI is InChI=1S/C16H23NO3/c1-14(2)12-6-5-7-16(19-8-9-20-16)15(12,3)10-11(17-4)13(14)18/h11-12H,5-10H2,1-3H3/t11?,12?,15-/m0/s1. The molecule has 0 aromatic carbocycles. The quantitative estimate of drug-likeness (QED) is 0.639. The van der Waals surface area contributed by atoms with Crippen LogP contribution >= 0.6 is 0 Å². The lowest BCUT2D eigenvalue weighted by Gasteiger charge is -2.58. The van der Waals surface area contributed by atoms with Crippen molar-refractivity contribution in [1.82, 2.24) is 0 Å². The summed E-state index contributed by atoms with van der Waals surface area (Å²) in [7, 11) is 0. The van der Waals surface area contributed by atoms with E-state index in [1.54, 1.807) is 0 Å². The fraction of sp³-hybridized carbons (Fsp3) is 0.875. The molecule has 1 aliphatic heterocycles. The van der Waals surface area contributed by atoms with Crippen LogP contribution in [0.3, 0.4) is 0 Å². The topological polar surface area (TPSA) is 39.9 Å². The Morgan fingerprint density at radius 2 is 1.90 bits per heavy atom. The first-order chi connectivity index (χ1) is 9.37. The Morgan fingerprint density at radius 1 is 1.25 bits per heavy atom. The van der Waals surface area contributed by atoms with E-state index in [0.29, 0.717) is 19.6 Å². The van der Waals surface area contributed by atoms with E-state index in [9.17, 15) is 4.79 Å². The van der Waals surface area contributed by atoms with Gasteiger partial charge < -0.3 is 14.3 Å². The van der Waals surface area contributed by atoms with Gasteiger partial charge in [-0.25, -0.2) is 6.57 Å². The second kappa shape index (κ2) is 4.29. The first-order valence-electron chi connectivity index (χ1n) is 7.56. The molecule has 20 heavy (non-hydrogen) atoms. The van der Waals surface area contributed by atoms with Crippen LogP contribution in [0.15, 0.2) is 0 Å². The van der Waals surface area contributed by atoms with Crippen molar-refractivity contribution in [3.8, 4) is 0 Å². The molecule has 2 unspecified atom stereocenters. The molecular weight excluding hydrogens is 254 g/mol. The molecule has 0 amide bonds. The number of rotatable bonds is 0. The van der Waals surface area contributed by atoms with E-state index >= 15 is 0 Å². The maximum Gasteiger partial charge on any atom is 0.282 e. The third-order valence-electron chi connectivity index (χ3n) is 5.97. The van der Waals surface area contributed by atoms with Crippen LogP contribution in [0.4, 0.5) is 0 Å². The highest BCUT2D eigenvalue weighted by atomic mass is 16.7. The lowest BCUT2D eigenvalue weighted by Crippen LogP contribution is -2.64. The molecule has 0 bridgehead atoms. The van der Waals surface area contributed by atoms with E-state index < -0.39 is 17.2 Å². The number of ketones is 1. The Labute approximate surface area is 120 Å². The van der Waals surface area contributed by atoms with Crippen LogP contribution in [0.2, 0.25) is 0 Å². The Morgan fingerprint density at radius 3 is 2.50 bits per heavy atom. The van der Waals surface area contributed by atoms with E-state index in [0.717, 1.165) is 19.3 Å². The second-order valence-electron chi connectivity index (χ2n) is 7.25. The molecule has 0 radical (unpaired) electrons. The van der Waals surface area contributed by atoms with Gasteiger partial charge in [0, 0.05) is 23.7 Å². The number of carbonyl (C=O) groups excluding carboxylic acids is 1. The zero-order chi connectivity index (χ0) is 14.6. The van der Waals surface area contributed by atoms with Gasteiger partial charge in [-0.1, -0.05) is 20.8 Å². The molecule has 4 nitrogen and oxygen atoms in total. The number of carbonyl (C=O) groups is 1. The minimum Gasteiger partial charge on any atom is -0.347 e. The van der Waals surface area contributed by atoms with Gasteiger partial charge in [-0.15, -0.1) is 0 Å². The molecule has 3 atom stereocenters. The molecule has 2 aliphatic carbocycles. The van der Waals surface area contributed by atoms with Crippen molar-refractivity contribution in [3.63, 3.8) is 0 Å². The third-order valence-corrected chi connectivity index (χ3v) is 5.97. The van der Waals surface area contributed by atoms with Gasteiger partial charge in [-0.3, -0.25) is 4.79 Å². The normalized spacial score (nSPS) is 42.2. The number of nitrogens with zero attached hydrogens (tertiary/aromatic N) is 1. The molecule has 1 heterocycles. The van der Waals surface area contributed by atoms with E-state index in [1.165, 1.54) is 0 Å². The summed E-state index contributed by atoms with van der Waals surface area (Å²) in [4.78, 5) is 16.2. The van der Waals surface area contributed by atoms with Gasteiger partial charge in [0.05, 0.1) is 13.2 Å². The summed E-state index contributed by atoms with van der Waals surface area (Å²) < 4.78 is 12.1. The van der Waals surface area contributed by atoms with Crippen LogP contribution < -0.4 is 0 Å². The molecule has 0 N–H and O–H groups in total. The van der Waals surface area contributed by atoms with Crippen LogP contribution in [0.1, 0.15) is 46.5 Å². The van der Waals surface area contributed by atoms with E-state index in [2.05, 4.69) is 11.8 Å². The number of Topliss-reactive ketones (excluding diaryl/α,β-unsaturated/α-hetero) is 1. The molecular formula is C16H23NO3. The summed E-state index contributed by atoms with van der Waals surface area (Å²) in [6, 6.07) is -0.547. The van der Waals surface area contributed by atoms with Crippen LogP contribution in [-0.2, 0) is 14.3 Å². The van der Waals surface area contributed by atoms with Gasteiger partial charge in [0.2, 0.25) is 5.78 Å². The van der Waals surface area contributed by atoms with Gasteiger partial charge in [0.15, 0.2) is 5.79 Å². The average Bonchev–Trinajstić information content (AvgIpc) is 2.87. The Hall–Kier alpha value is -0.920. The van der Waals surface area contributed by atoms with E-state index in [1.807, 2.05) is 13.8 Å². The first kappa shape index (κ1) is 14.0. The zero-order valence-electron chi connectivity index (χ0n) is 12.6. The van der Waals surface area contributed by atoms with E-state index in [4.69, 9.17) is 16.0 Å². The Kier molecular flexibility index (Phi) is 3.01. The SMILES string of the molecule is [C-]#[N+]C1C[C@@]2(C)C(CCCC23OCCO3)C(C)(C)C1=O. The molecule has 2 saturated carbocycles. The van der Waals surface area contributed by atoms with Gasteiger partial charge >= 0.3 is 0 Å². The maximum atomic E-state index is 12.6. The van der Waals surface area contributed by atoms with Crippen molar-refractivity contribution in [2.75, 3.05) is 13.2 Å². The summed E-state index contributed by atoms with van der Waals surface area (Å²) in [5.74, 6) is -0.242. The number of ether oxygens (including phenoxy) is 2. The van der Waals surface area contributed by atoms with E-state index in [-0.39, 0.29) is 17.1 Å². The minimum absolute atomic E-state index is 0.102. The van der Waals surface area contributed by atoms with Crippen molar-refractivity contribution in [1.29, 1.82) is 0 Å². The average molecular weight is 277 g/mol. The molecule has 1 saturated heterocycles. The smallest absolute Gasteiger partial charge is 0.282 e. The summed E-state index contributed by atoms with van der Waals surface area (Å²) in [6.07, 6.45) is 3.51. The Balaban J connectivity index is 2.08. The van der Waals surface area contributed by atoms with Gasteiger partial charge in [0.1, 0.15) is 0 Å². The monoisotopic (exact) mass is 277 g/mol. The molecule has 110 valence electrons. The van der Waals surface area contributed by atoms with Crippen molar-refractivity contribution in [3.05, 3.63) is 11.4 Å². The van der Waals surface area contributed by atoms with Crippen LogP contribution in [-0.4, -0.2) is 30.8 Å². The number of hydrogen-bond acceptors (Lipinski definition) is 3.